The number of piperidine rings is 1. The van der Waals surface area contributed by atoms with Gasteiger partial charge in [-0.05, 0) is 63.5 Å². The summed E-state index contributed by atoms with van der Waals surface area (Å²) in [7, 11) is 0. The molecule has 2 fully saturated rings. The van der Waals surface area contributed by atoms with Crippen molar-refractivity contribution in [2.75, 3.05) is 13.1 Å². The summed E-state index contributed by atoms with van der Waals surface area (Å²) in [4.78, 5) is 68.0. The Bertz CT molecular complexity index is 1320. The monoisotopic (exact) mass is 646 g/mol. The van der Waals surface area contributed by atoms with E-state index in [0.29, 0.717) is 19.3 Å². The maximum absolute atomic E-state index is 14.3. The topological polar surface area (TPSA) is 134 Å². The second kappa shape index (κ2) is 13.3. The average Bonchev–Trinajstić information content (AvgIpc) is 3.33. The van der Waals surface area contributed by atoms with Crippen molar-refractivity contribution in [3.05, 3.63) is 60.7 Å². The summed E-state index contributed by atoms with van der Waals surface area (Å²) in [5.41, 5.74) is 1.37. The molecule has 3 aliphatic rings. The SMILES string of the molecule is C=CCC[C@H](NC(=O)[C@@H]1[C@@H]2[C@H](CN1C(=O)[C@@H](NC(=O)OC(C)(C)C)C1Cc3ccccc3C1)C2(Cl)Cl)C(=O)C(=O)NCC=C. The predicted molar refractivity (Wildman–Crippen MR) is 167 cm³/mol. The number of nitrogens with one attached hydrogen (secondary N) is 3. The van der Waals surface area contributed by atoms with Crippen molar-refractivity contribution in [1.29, 1.82) is 0 Å². The molecule has 4 rings (SSSR count). The fraction of sp³-hybridized carbons (Fsp3) is 0.531. The molecule has 0 aromatic heterocycles. The van der Waals surface area contributed by atoms with Crippen LogP contribution < -0.4 is 16.0 Å². The van der Waals surface area contributed by atoms with Crippen molar-refractivity contribution in [2.24, 2.45) is 17.8 Å². The Hall–Kier alpha value is -3.37. The number of halogens is 2. The third-order valence-corrected chi connectivity index (χ3v) is 9.36. The molecule has 0 spiro atoms. The van der Waals surface area contributed by atoms with E-state index < -0.39 is 63.6 Å². The van der Waals surface area contributed by atoms with Crippen LogP contribution in [0.2, 0.25) is 0 Å². The van der Waals surface area contributed by atoms with Crippen molar-refractivity contribution < 1.29 is 28.7 Å². The zero-order valence-electron chi connectivity index (χ0n) is 25.2. The smallest absolute Gasteiger partial charge is 0.408 e. The van der Waals surface area contributed by atoms with Gasteiger partial charge in [-0.15, -0.1) is 36.4 Å². The van der Waals surface area contributed by atoms with Gasteiger partial charge in [0.25, 0.3) is 5.91 Å². The lowest BCUT2D eigenvalue weighted by Gasteiger charge is -2.35. The number of ether oxygens (including phenoxy) is 1. The largest absolute Gasteiger partial charge is 0.444 e. The van der Waals surface area contributed by atoms with Crippen molar-refractivity contribution in [3.63, 3.8) is 0 Å². The third kappa shape index (κ3) is 7.29. The van der Waals surface area contributed by atoms with Crippen LogP contribution in [0.25, 0.3) is 0 Å². The quantitative estimate of drug-likeness (QED) is 0.181. The second-order valence-corrected chi connectivity index (χ2v) is 14.0. The molecule has 1 heterocycles. The highest BCUT2D eigenvalue weighted by Gasteiger charge is 2.74. The average molecular weight is 648 g/mol. The maximum Gasteiger partial charge on any atom is 0.408 e. The summed E-state index contributed by atoms with van der Waals surface area (Å²) in [5, 5.41) is 7.90. The van der Waals surface area contributed by atoms with Crippen LogP contribution in [-0.4, -0.2) is 75.6 Å². The van der Waals surface area contributed by atoms with Crippen LogP contribution in [0, 0.1) is 17.8 Å². The minimum absolute atomic E-state index is 0.0828. The number of alkyl carbamates (subject to hydrolysis) is 1. The first kappa shape index (κ1) is 33.5. The number of carbonyl (C=O) groups is 5. The standard InChI is InChI=1S/C32H40Cl2N4O6/c1-6-8-13-22(26(39)28(41)35-14-7-2)36-27(40)25-23-21(32(23,33)34)17-38(25)29(42)24(37-30(43)44-31(3,4)5)20-15-18-11-9-10-12-19(18)16-20/h6-7,9-12,20-25H,1-2,8,13-17H2,3-5H3,(H,35,41)(H,36,40)(H,37,43)/t21-,22-,23-,24-,25-/m0/s1. The molecule has 5 atom stereocenters. The lowest BCUT2D eigenvalue weighted by molar-refractivity contribution is -0.144. The molecular formula is C32H40Cl2N4O6. The Morgan fingerprint density at radius 3 is 2.27 bits per heavy atom. The van der Waals surface area contributed by atoms with Crippen LogP contribution in [0.4, 0.5) is 4.79 Å². The number of fused-ring (bicyclic) bond motifs is 2. The van der Waals surface area contributed by atoms with Crippen molar-refractivity contribution in [1.82, 2.24) is 20.9 Å². The molecule has 0 unspecified atom stereocenters. The lowest BCUT2D eigenvalue weighted by atomic mass is 9.94. The normalized spacial score (nSPS) is 22.9. The molecule has 1 saturated carbocycles. The molecule has 10 nitrogen and oxygen atoms in total. The molecule has 1 aliphatic heterocycles. The number of benzene rings is 1. The first-order chi connectivity index (χ1) is 20.7. The van der Waals surface area contributed by atoms with E-state index in [-0.39, 0.29) is 31.3 Å². The van der Waals surface area contributed by atoms with Crippen LogP contribution in [0.3, 0.4) is 0 Å². The zero-order valence-corrected chi connectivity index (χ0v) is 26.7. The van der Waals surface area contributed by atoms with E-state index in [0.717, 1.165) is 11.1 Å². The first-order valence-electron chi connectivity index (χ1n) is 14.8. The molecular weight excluding hydrogens is 607 g/mol. The summed E-state index contributed by atoms with van der Waals surface area (Å²) < 4.78 is 4.25. The Morgan fingerprint density at radius 2 is 1.70 bits per heavy atom. The summed E-state index contributed by atoms with van der Waals surface area (Å²) in [5.74, 6) is -4.09. The molecule has 0 radical (unpaired) electrons. The highest BCUT2D eigenvalue weighted by molar-refractivity contribution is 6.51. The number of rotatable bonds is 12. The van der Waals surface area contributed by atoms with Gasteiger partial charge in [-0.2, -0.15) is 0 Å². The Kier molecular flexibility index (Phi) is 10.1. The van der Waals surface area contributed by atoms with E-state index in [1.165, 1.54) is 11.0 Å². The maximum atomic E-state index is 14.3. The second-order valence-electron chi connectivity index (χ2n) is 12.6. The van der Waals surface area contributed by atoms with E-state index in [1.807, 2.05) is 24.3 Å². The van der Waals surface area contributed by atoms with Gasteiger partial charge >= 0.3 is 6.09 Å². The number of alkyl halides is 2. The third-order valence-electron chi connectivity index (χ3n) is 8.30. The molecule has 1 saturated heterocycles. The molecule has 238 valence electrons. The van der Waals surface area contributed by atoms with Gasteiger partial charge in [0, 0.05) is 24.9 Å². The van der Waals surface area contributed by atoms with Gasteiger partial charge < -0.3 is 25.6 Å². The highest BCUT2D eigenvalue weighted by atomic mass is 35.5. The number of ketones is 1. The van der Waals surface area contributed by atoms with Gasteiger partial charge in [0.1, 0.15) is 22.0 Å². The summed E-state index contributed by atoms with van der Waals surface area (Å²) >= 11 is 13.1. The number of carbonyl (C=O) groups excluding carboxylic acids is 5. The zero-order chi connectivity index (χ0) is 32.4. The summed E-state index contributed by atoms with van der Waals surface area (Å²) in [6, 6.07) is 4.54. The first-order valence-corrected chi connectivity index (χ1v) is 15.5. The van der Waals surface area contributed by atoms with Gasteiger partial charge in [-0.25, -0.2) is 4.79 Å². The molecule has 12 heteroatoms. The molecule has 1 aromatic carbocycles. The Balaban J connectivity index is 1.59. The predicted octanol–water partition coefficient (Wildman–Crippen LogP) is 3.25. The van der Waals surface area contributed by atoms with E-state index in [1.54, 1.807) is 26.8 Å². The van der Waals surface area contributed by atoms with Crippen LogP contribution >= 0.6 is 23.2 Å². The molecule has 44 heavy (non-hydrogen) atoms. The fourth-order valence-corrected chi connectivity index (χ4v) is 7.00. The minimum Gasteiger partial charge on any atom is -0.444 e. The van der Waals surface area contributed by atoms with Crippen LogP contribution in [0.1, 0.15) is 44.7 Å². The highest BCUT2D eigenvalue weighted by Crippen LogP contribution is 2.65. The van der Waals surface area contributed by atoms with Gasteiger partial charge in [0.2, 0.25) is 17.6 Å². The van der Waals surface area contributed by atoms with Gasteiger partial charge in [-0.3, -0.25) is 19.2 Å². The number of amides is 4. The number of nitrogens with zero attached hydrogens (tertiary/aromatic N) is 1. The number of allylic oxidation sites excluding steroid dienone is 1. The summed E-state index contributed by atoms with van der Waals surface area (Å²) in [6.07, 6.45) is 3.83. The summed E-state index contributed by atoms with van der Waals surface area (Å²) in [6.45, 7) is 12.5. The molecule has 0 bridgehead atoms. The Morgan fingerprint density at radius 1 is 1.07 bits per heavy atom. The van der Waals surface area contributed by atoms with Crippen molar-refractivity contribution in [3.8, 4) is 0 Å². The van der Waals surface area contributed by atoms with Gasteiger partial charge in [0.05, 0.1) is 6.04 Å². The minimum atomic E-state index is -1.24. The number of hydrogen-bond acceptors (Lipinski definition) is 6. The van der Waals surface area contributed by atoms with Crippen molar-refractivity contribution >= 4 is 52.8 Å². The van der Waals surface area contributed by atoms with E-state index >= 15 is 0 Å². The fourth-order valence-electron chi connectivity index (χ4n) is 6.18. The van der Waals surface area contributed by atoms with Crippen molar-refractivity contribution in [2.45, 2.75) is 74.5 Å². The van der Waals surface area contributed by atoms with Gasteiger partial charge in [0.15, 0.2) is 0 Å². The van der Waals surface area contributed by atoms with E-state index in [9.17, 15) is 24.0 Å². The number of hydrogen-bond donors (Lipinski definition) is 3. The van der Waals surface area contributed by atoms with Gasteiger partial charge in [-0.1, -0.05) is 36.4 Å². The molecule has 2 aliphatic carbocycles. The lowest BCUT2D eigenvalue weighted by Crippen LogP contribution is -2.60. The van der Waals surface area contributed by atoms with Crippen LogP contribution in [-0.2, 0) is 36.8 Å². The Labute approximate surface area is 267 Å². The number of Topliss-reactive ketones (excluding diaryl/α,β-unsaturated/α-hetero) is 1. The van der Waals surface area contributed by atoms with Crippen LogP contribution in [0.5, 0.6) is 0 Å². The van der Waals surface area contributed by atoms with Crippen LogP contribution in [0.15, 0.2) is 49.6 Å². The number of likely N-dealkylation sites (tertiary alicyclic amines) is 1. The molecule has 1 aromatic rings. The van der Waals surface area contributed by atoms with E-state index in [4.69, 9.17) is 27.9 Å². The van der Waals surface area contributed by atoms with E-state index in [2.05, 4.69) is 29.1 Å². The molecule has 4 amide bonds. The molecule has 3 N–H and O–H groups in total.